The van der Waals surface area contributed by atoms with E-state index in [9.17, 15) is 13.2 Å². The molecule has 1 unspecified atom stereocenters. The zero-order chi connectivity index (χ0) is 17.5. The summed E-state index contributed by atoms with van der Waals surface area (Å²) in [4.78, 5) is 12.5. The number of terminal acetylenes is 1. The Balaban J connectivity index is 2.21. The normalized spacial score (nSPS) is 20.0. The van der Waals surface area contributed by atoms with Crippen molar-refractivity contribution in [2.24, 2.45) is 0 Å². The summed E-state index contributed by atoms with van der Waals surface area (Å²) in [5, 5.41) is 0. The van der Waals surface area contributed by atoms with E-state index in [2.05, 4.69) is 5.92 Å². The van der Waals surface area contributed by atoms with Crippen molar-refractivity contribution in [3.63, 3.8) is 0 Å². The SMILES string of the molecule is C#CC1(C)OC(=O)N(S(=O)(=O)c2ccc(C)cc2)c2ccccc21. The van der Waals surface area contributed by atoms with Crippen LogP contribution >= 0.6 is 0 Å². The molecule has 1 aliphatic rings. The lowest BCUT2D eigenvalue weighted by Crippen LogP contribution is -2.47. The quantitative estimate of drug-likeness (QED) is 0.787. The van der Waals surface area contributed by atoms with E-state index in [1.54, 1.807) is 37.3 Å². The fraction of sp³-hybridized carbons (Fsp3) is 0.167. The molecule has 0 saturated carbocycles. The molecule has 122 valence electrons. The van der Waals surface area contributed by atoms with Crippen molar-refractivity contribution in [1.82, 2.24) is 0 Å². The van der Waals surface area contributed by atoms with E-state index in [-0.39, 0.29) is 10.6 Å². The predicted molar refractivity (Wildman–Crippen MR) is 90.0 cm³/mol. The summed E-state index contributed by atoms with van der Waals surface area (Å²) in [7, 11) is -4.11. The second-order valence-electron chi connectivity index (χ2n) is 5.65. The zero-order valence-electron chi connectivity index (χ0n) is 13.2. The molecular formula is C18H15NO4S. The zero-order valence-corrected chi connectivity index (χ0v) is 14.0. The maximum atomic E-state index is 12.9. The molecule has 0 aliphatic carbocycles. The Labute approximate surface area is 140 Å². The number of amides is 1. The molecule has 5 nitrogen and oxygen atoms in total. The average molecular weight is 341 g/mol. The molecule has 0 radical (unpaired) electrons. The summed E-state index contributed by atoms with van der Waals surface area (Å²) in [5.74, 6) is 2.42. The van der Waals surface area contributed by atoms with Crippen LogP contribution in [0, 0.1) is 19.3 Å². The summed E-state index contributed by atoms with van der Waals surface area (Å²) in [6, 6.07) is 12.8. The summed E-state index contributed by atoms with van der Waals surface area (Å²) in [6.45, 7) is 3.40. The van der Waals surface area contributed by atoms with Crippen LogP contribution in [0.5, 0.6) is 0 Å². The molecule has 0 spiro atoms. The van der Waals surface area contributed by atoms with Gasteiger partial charge in [-0.25, -0.2) is 13.2 Å². The fourth-order valence-electron chi connectivity index (χ4n) is 2.57. The van der Waals surface area contributed by atoms with Crippen LogP contribution in [0.4, 0.5) is 10.5 Å². The molecule has 0 fully saturated rings. The van der Waals surface area contributed by atoms with Crippen LogP contribution in [-0.4, -0.2) is 14.5 Å². The summed E-state index contributed by atoms with van der Waals surface area (Å²) < 4.78 is 31.8. The van der Waals surface area contributed by atoms with Gasteiger partial charge in [0.1, 0.15) is 0 Å². The number of fused-ring (bicyclic) bond motifs is 1. The smallest absolute Gasteiger partial charge is 0.424 e. The molecule has 1 aliphatic heterocycles. The second-order valence-corrected chi connectivity index (χ2v) is 7.43. The van der Waals surface area contributed by atoms with Crippen molar-refractivity contribution >= 4 is 21.8 Å². The van der Waals surface area contributed by atoms with Gasteiger partial charge in [-0.1, -0.05) is 41.8 Å². The topological polar surface area (TPSA) is 63.7 Å². The van der Waals surface area contributed by atoms with E-state index in [4.69, 9.17) is 11.2 Å². The fourth-order valence-corrected chi connectivity index (χ4v) is 3.92. The van der Waals surface area contributed by atoms with Crippen LogP contribution in [0.15, 0.2) is 53.4 Å². The second kappa shape index (κ2) is 5.39. The number of cyclic esters (lactones) is 1. The maximum absolute atomic E-state index is 12.9. The van der Waals surface area contributed by atoms with E-state index in [0.717, 1.165) is 5.56 Å². The van der Waals surface area contributed by atoms with E-state index in [0.29, 0.717) is 9.87 Å². The number of aryl methyl sites for hydroxylation is 1. The number of para-hydroxylation sites is 1. The summed E-state index contributed by atoms with van der Waals surface area (Å²) in [6.07, 6.45) is 4.48. The highest BCUT2D eigenvalue weighted by Crippen LogP contribution is 2.40. The van der Waals surface area contributed by atoms with E-state index in [1.807, 2.05) is 6.92 Å². The highest BCUT2D eigenvalue weighted by Gasteiger charge is 2.45. The number of rotatable bonds is 2. The molecule has 1 atom stereocenters. The van der Waals surface area contributed by atoms with Crippen LogP contribution in [-0.2, 0) is 20.4 Å². The number of hydrogen-bond acceptors (Lipinski definition) is 4. The molecule has 3 rings (SSSR count). The monoisotopic (exact) mass is 341 g/mol. The number of anilines is 1. The first kappa shape index (κ1) is 16.1. The molecule has 0 bridgehead atoms. The van der Waals surface area contributed by atoms with Crippen molar-refractivity contribution in [1.29, 1.82) is 0 Å². The number of sulfonamides is 1. The van der Waals surface area contributed by atoms with Crippen molar-refractivity contribution in [3.8, 4) is 12.3 Å². The van der Waals surface area contributed by atoms with Crippen LogP contribution in [0.25, 0.3) is 0 Å². The molecule has 1 heterocycles. The number of carbonyl (C=O) groups is 1. The molecule has 2 aromatic carbocycles. The molecule has 6 heteroatoms. The summed E-state index contributed by atoms with van der Waals surface area (Å²) in [5.41, 5.74) is 0.250. The van der Waals surface area contributed by atoms with Crippen LogP contribution in [0.1, 0.15) is 18.1 Å². The van der Waals surface area contributed by atoms with E-state index >= 15 is 0 Å². The van der Waals surface area contributed by atoms with Gasteiger partial charge in [0, 0.05) is 5.56 Å². The standard InChI is InChI=1S/C18H15NO4S/c1-4-18(3)15-7-5-6-8-16(15)19(17(20)23-18)24(21,22)14-11-9-13(2)10-12-14/h1,5-12H,2-3H3. The third-order valence-electron chi connectivity index (χ3n) is 3.93. The van der Waals surface area contributed by atoms with E-state index < -0.39 is 21.7 Å². The van der Waals surface area contributed by atoms with Gasteiger partial charge in [-0.05, 0) is 32.0 Å². The molecule has 0 N–H and O–H groups in total. The lowest BCUT2D eigenvalue weighted by atomic mass is 9.94. The largest absolute Gasteiger partial charge is 0.430 e. The van der Waals surface area contributed by atoms with Crippen molar-refractivity contribution in [3.05, 3.63) is 59.7 Å². The van der Waals surface area contributed by atoms with Crippen molar-refractivity contribution < 1.29 is 17.9 Å². The molecule has 24 heavy (non-hydrogen) atoms. The third-order valence-corrected chi connectivity index (χ3v) is 5.62. The molecular weight excluding hydrogens is 326 g/mol. The minimum absolute atomic E-state index is 0.00386. The van der Waals surface area contributed by atoms with Gasteiger partial charge in [-0.15, -0.1) is 6.42 Å². The molecule has 0 aromatic heterocycles. The van der Waals surface area contributed by atoms with Crippen LogP contribution in [0.2, 0.25) is 0 Å². The Hall–Kier alpha value is -2.78. The third kappa shape index (κ3) is 2.34. The minimum atomic E-state index is -4.11. The Morgan fingerprint density at radius 1 is 1.12 bits per heavy atom. The predicted octanol–water partition coefficient (Wildman–Crippen LogP) is 3.19. The Morgan fingerprint density at radius 2 is 1.75 bits per heavy atom. The lowest BCUT2D eigenvalue weighted by molar-refractivity contribution is 0.0678. The number of nitrogens with zero attached hydrogens (tertiary/aromatic N) is 1. The first-order valence-corrected chi connectivity index (χ1v) is 8.66. The Morgan fingerprint density at radius 3 is 2.38 bits per heavy atom. The van der Waals surface area contributed by atoms with Gasteiger partial charge in [-0.2, -0.15) is 4.31 Å². The minimum Gasteiger partial charge on any atom is -0.424 e. The van der Waals surface area contributed by atoms with Crippen molar-refractivity contribution in [2.75, 3.05) is 4.31 Å². The van der Waals surface area contributed by atoms with Gasteiger partial charge in [0.05, 0.1) is 10.6 Å². The Bertz CT molecular complexity index is 957. The first-order chi connectivity index (χ1) is 11.3. The first-order valence-electron chi connectivity index (χ1n) is 7.22. The van der Waals surface area contributed by atoms with Gasteiger partial charge in [0.15, 0.2) is 5.60 Å². The summed E-state index contributed by atoms with van der Waals surface area (Å²) >= 11 is 0. The number of benzene rings is 2. The van der Waals surface area contributed by atoms with Gasteiger partial charge < -0.3 is 4.74 Å². The highest BCUT2D eigenvalue weighted by molar-refractivity contribution is 7.93. The van der Waals surface area contributed by atoms with Crippen LogP contribution in [0.3, 0.4) is 0 Å². The van der Waals surface area contributed by atoms with Crippen LogP contribution < -0.4 is 4.31 Å². The molecule has 1 amide bonds. The highest BCUT2D eigenvalue weighted by atomic mass is 32.2. The van der Waals surface area contributed by atoms with Gasteiger partial charge in [0.25, 0.3) is 10.0 Å². The molecule has 0 saturated heterocycles. The molecule has 2 aromatic rings. The van der Waals surface area contributed by atoms with Gasteiger partial charge >= 0.3 is 6.09 Å². The lowest BCUT2D eigenvalue weighted by Gasteiger charge is -2.36. The maximum Gasteiger partial charge on any atom is 0.430 e. The van der Waals surface area contributed by atoms with Gasteiger partial charge in [0.2, 0.25) is 0 Å². The average Bonchev–Trinajstić information content (AvgIpc) is 2.55. The number of ether oxygens (including phenoxy) is 1. The van der Waals surface area contributed by atoms with E-state index in [1.165, 1.54) is 18.2 Å². The number of carbonyl (C=O) groups excluding carboxylic acids is 1. The number of hydrogen-bond donors (Lipinski definition) is 0. The Kier molecular flexibility index (Phi) is 3.61. The van der Waals surface area contributed by atoms with Gasteiger partial charge in [-0.3, -0.25) is 0 Å². The van der Waals surface area contributed by atoms with Crippen molar-refractivity contribution in [2.45, 2.75) is 24.3 Å².